The van der Waals surface area contributed by atoms with E-state index >= 15 is 0 Å². The summed E-state index contributed by atoms with van der Waals surface area (Å²) in [5, 5.41) is 11.0. The van der Waals surface area contributed by atoms with Crippen molar-refractivity contribution in [3.05, 3.63) is 21.4 Å². The second-order valence-electron chi connectivity index (χ2n) is 5.97. The summed E-state index contributed by atoms with van der Waals surface area (Å²) >= 11 is 1.69. The molecule has 1 aliphatic carbocycles. The highest BCUT2D eigenvalue weighted by Gasteiger charge is 2.33. The highest BCUT2D eigenvalue weighted by atomic mass is 35.5. The first kappa shape index (κ1) is 16.3. The van der Waals surface area contributed by atoms with Crippen molar-refractivity contribution in [2.75, 3.05) is 13.1 Å². The lowest BCUT2D eigenvalue weighted by atomic mass is 9.88. The zero-order valence-corrected chi connectivity index (χ0v) is 13.6. The van der Waals surface area contributed by atoms with Crippen LogP contribution in [0.4, 0.5) is 0 Å². The Kier molecular flexibility index (Phi) is 4.94. The van der Waals surface area contributed by atoms with Crippen LogP contribution >= 0.6 is 23.7 Å². The average Bonchev–Trinajstić information content (AvgIpc) is 3.04. The summed E-state index contributed by atoms with van der Waals surface area (Å²) in [4.78, 5) is 26.6. The molecular formula is C15H20ClNO3S. The molecule has 2 atom stereocenters. The lowest BCUT2D eigenvalue weighted by Gasteiger charge is -2.21. The first-order valence-electron chi connectivity index (χ1n) is 7.17. The normalized spacial score (nSPS) is 24.3. The number of fused-ring (bicyclic) bond motifs is 1. The van der Waals surface area contributed by atoms with Crippen molar-refractivity contribution in [1.29, 1.82) is 0 Å². The second kappa shape index (κ2) is 6.36. The topological polar surface area (TPSA) is 57.6 Å². The predicted molar refractivity (Wildman–Crippen MR) is 84.4 cm³/mol. The quantitative estimate of drug-likeness (QED) is 0.907. The van der Waals surface area contributed by atoms with Gasteiger partial charge in [-0.05, 0) is 37.2 Å². The number of carbonyl (C=O) groups excluding carboxylic acids is 1. The van der Waals surface area contributed by atoms with Gasteiger partial charge < -0.3 is 10.0 Å². The summed E-state index contributed by atoms with van der Waals surface area (Å²) in [6.07, 6.45) is 3.77. The molecule has 1 amide bonds. The van der Waals surface area contributed by atoms with Gasteiger partial charge in [-0.1, -0.05) is 6.92 Å². The Balaban J connectivity index is 0.00000161. The van der Waals surface area contributed by atoms with Gasteiger partial charge in [-0.25, -0.2) is 0 Å². The van der Waals surface area contributed by atoms with Gasteiger partial charge in [-0.2, -0.15) is 0 Å². The third kappa shape index (κ3) is 3.09. The van der Waals surface area contributed by atoms with E-state index in [1.54, 1.807) is 16.2 Å². The Labute approximate surface area is 134 Å². The van der Waals surface area contributed by atoms with Crippen molar-refractivity contribution in [3.8, 4) is 0 Å². The number of amides is 1. The molecule has 0 aromatic carbocycles. The van der Waals surface area contributed by atoms with Gasteiger partial charge in [0, 0.05) is 23.3 Å². The van der Waals surface area contributed by atoms with Gasteiger partial charge in [0.15, 0.2) is 0 Å². The maximum Gasteiger partial charge on any atom is 0.308 e. The van der Waals surface area contributed by atoms with E-state index in [0.29, 0.717) is 25.4 Å². The van der Waals surface area contributed by atoms with Crippen LogP contribution in [0.2, 0.25) is 0 Å². The van der Waals surface area contributed by atoms with Crippen molar-refractivity contribution in [2.24, 2.45) is 11.8 Å². The number of likely N-dealkylation sites (tertiary alicyclic amines) is 1. The van der Waals surface area contributed by atoms with Crippen molar-refractivity contribution in [2.45, 2.75) is 32.6 Å². The van der Waals surface area contributed by atoms with Crippen molar-refractivity contribution >= 4 is 35.6 Å². The first-order valence-corrected chi connectivity index (χ1v) is 8.05. The zero-order valence-electron chi connectivity index (χ0n) is 12.0. The Morgan fingerprint density at radius 1 is 1.38 bits per heavy atom. The van der Waals surface area contributed by atoms with Crippen LogP contribution < -0.4 is 0 Å². The highest BCUT2D eigenvalue weighted by molar-refractivity contribution is 7.10. The van der Waals surface area contributed by atoms with E-state index in [1.807, 2.05) is 5.38 Å². The van der Waals surface area contributed by atoms with E-state index in [9.17, 15) is 9.59 Å². The van der Waals surface area contributed by atoms with Gasteiger partial charge in [0.05, 0.1) is 11.5 Å². The summed E-state index contributed by atoms with van der Waals surface area (Å²) in [5.41, 5.74) is 2.04. The molecule has 2 heterocycles. The molecule has 3 rings (SSSR count). The monoisotopic (exact) mass is 329 g/mol. The highest BCUT2D eigenvalue weighted by Crippen LogP contribution is 2.34. The van der Waals surface area contributed by atoms with E-state index < -0.39 is 11.9 Å². The lowest BCUT2D eigenvalue weighted by molar-refractivity contribution is -0.141. The molecule has 1 aliphatic heterocycles. The fraction of sp³-hybridized carbons (Fsp3) is 0.600. The molecule has 1 saturated heterocycles. The molecule has 1 aromatic heterocycles. The third-order valence-electron chi connectivity index (χ3n) is 4.46. The molecule has 1 fully saturated rings. The van der Waals surface area contributed by atoms with Gasteiger partial charge in [-0.3, -0.25) is 9.59 Å². The van der Waals surface area contributed by atoms with Gasteiger partial charge in [0.1, 0.15) is 0 Å². The fourth-order valence-electron chi connectivity index (χ4n) is 3.17. The maximum absolute atomic E-state index is 12.6. The number of thiophene rings is 1. The maximum atomic E-state index is 12.6. The van der Waals surface area contributed by atoms with E-state index in [-0.39, 0.29) is 18.3 Å². The van der Waals surface area contributed by atoms with Crippen LogP contribution in [-0.2, 0) is 17.6 Å². The number of halogens is 1. The molecule has 4 nitrogen and oxygen atoms in total. The number of rotatable bonds is 2. The van der Waals surface area contributed by atoms with E-state index in [1.165, 1.54) is 10.4 Å². The van der Waals surface area contributed by atoms with Crippen molar-refractivity contribution in [3.63, 3.8) is 0 Å². The van der Waals surface area contributed by atoms with E-state index in [4.69, 9.17) is 5.11 Å². The Morgan fingerprint density at radius 2 is 2.14 bits per heavy atom. The molecule has 0 spiro atoms. The van der Waals surface area contributed by atoms with Crippen LogP contribution in [0.3, 0.4) is 0 Å². The minimum absolute atomic E-state index is 0. The van der Waals surface area contributed by atoms with Gasteiger partial charge in [0.25, 0.3) is 5.91 Å². The van der Waals surface area contributed by atoms with Crippen LogP contribution in [0.15, 0.2) is 5.38 Å². The molecule has 116 valence electrons. The molecule has 1 N–H and O–H groups in total. The van der Waals surface area contributed by atoms with E-state index in [0.717, 1.165) is 24.8 Å². The van der Waals surface area contributed by atoms with Crippen LogP contribution in [-0.4, -0.2) is 35.0 Å². The Bertz CT molecular complexity index is 557. The summed E-state index contributed by atoms with van der Waals surface area (Å²) < 4.78 is 0. The van der Waals surface area contributed by atoms with Crippen molar-refractivity contribution in [1.82, 2.24) is 4.90 Å². The predicted octanol–water partition coefficient (Wildman–Crippen LogP) is 2.84. The largest absolute Gasteiger partial charge is 0.481 e. The number of hydrogen-bond donors (Lipinski definition) is 1. The number of aliphatic carboxylic acids is 1. The number of hydrogen-bond acceptors (Lipinski definition) is 3. The minimum atomic E-state index is -0.790. The van der Waals surface area contributed by atoms with Gasteiger partial charge in [0.2, 0.25) is 0 Å². The van der Waals surface area contributed by atoms with Crippen LogP contribution in [0.5, 0.6) is 0 Å². The number of carbonyl (C=O) groups is 2. The second-order valence-corrected chi connectivity index (χ2v) is 6.94. The summed E-state index contributed by atoms with van der Waals surface area (Å²) in [6, 6.07) is 0. The fourth-order valence-corrected chi connectivity index (χ4v) is 4.41. The molecule has 21 heavy (non-hydrogen) atoms. The van der Waals surface area contributed by atoms with Gasteiger partial charge in [-0.15, -0.1) is 23.7 Å². The molecule has 0 radical (unpaired) electrons. The van der Waals surface area contributed by atoms with Gasteiger partial charge >= 0.3 is 5.97 Å². The van der Waals surface area contributed by atoms with Crippen LogP contribution in [0.25, 0.3) is 0 Å². The summed E-state index contributed by atoms with van der Waals surface area (Å²) in [6.45, 7) is 3.17. The van der Waals surface area contributed by atoms with Crippen LogP contribution in [0.1, 0.15) is 40.6 Å². The smallest absolute Gasteiger partial charge is 0.308 e. The van der Waals surface area contributed by atoms with E-state index in [2.05, 4.69) is 6.92 Å². The first-order chi connectivity index (χ1) is 9.56. The lowest BCUT2D eigenvalue weighted by Crippen LogP contribution is -2.30. The standard InChI is InChI=1S/C15H19NO3S.ClH/c1-9-2-3-11-12(8-20-13(11)6-9)14(17)16-5-4-10(7-16)15(18)19;/h8-10H,2-7H2,1H3,(H,18,19);1H. The molecule has 1 aromatic rings. The summed E-state index contributed by atoms with van der Waals surface area (Å²) in [7, 11) is 0. The SMILES string of the molecule is CC1CCc2c(C(=O)N3CCC(C(=O)O)C3)csc2C1.Cl. The Hall–Kier alpha value is -1.07. The van der Waals surface area contributed by atoms with Crippen molar-refractivity contribution < 1.29 is 14.7 Å². The third-order valence-corrected chi connectivity index (χ3v) is 5.51. The molecule has 0 bridgehead atoms. The number of nitrogens with zero attached hydrogens (tertiary/aromatic N) is 1. The average molecular weight is 330 g/mol. The molecular weight excluding hydrogens is 310 g/mol. The summed E-state index contributed by atoms with van der Waals surface area (Å²) in [5.74, 6) is -0.456. The number of carboxylic acid groups (broad SMARTS) is 1. The molecule has 2 unspecified atom stereocenters. The molecule has 2 aliphatic rings. The van der Waals surface area contributed by atoms with Crippen LogP contribution in [0, 0.1) is 11.8 Å². The molecule has 6 heteroatoms. The molecule has 0 saturated carbocycles. The zero-order chi connectivity index (χ0) is 14.3. The Morgan fingerprint density at radius 3 is 2.81 bits per heavy atom. The number of carboxylic acids is 1. The minimum Gasteiger partial charge on any atom is -0.481 e.